The van der Waals surface area contributed by atoms with Crippen LogP contribution < -0.4 is 0 Å². The highest BCUT2D eigenvalue weighted by atomic mass is 35.5. The van der Waals surface area contributed by atoms with Crippen molar-refractivity contribution < 1.29 is 19.8 Å². The van der Waals surface area contributed by atoms with Crippen molar-refractivity contribution >= 4 is 80.3 Å². The number of carboxylic acid groups (broad SMARTS) is 1. The molecule has 0 aliphatic heterocycles. The van der Waals surface area contributed by atoms with Gasteiger partial charge in [0.1, 0.15) is 4.88 Å². The van der Waals surface area contributed by atoms with Gasteiger partial charge in [0.05, 0.1) is 27.4 Å². The summed E-state index contributed by atoms with van der Waals surface area (Å²) in [7, 11) is 0. The molecule has 2 aromatic rings. The van der Waals surface area contributed by atoms with Gasteiger partial charge in [0, 0.05) is 9.75 Å². The van der Waals surface area contributed by atoms with Crippen LogP contribution in [0.5, 0.6) is 0 Å². The monoisotopic (exact) mass is 420 g/mol. The lowest BCUT2D eigenvalue weighted by molar-refractivity contribution is 0.0702. The maximum Gasteiger partial charge on any atom is 0.345 e. The topological polar surface area (TPSA) is 74.6 Å². The summed E-state index contributed by atoms with van der Waals surface area (Å²) in [6, 6.07) is 2.86. The largest absolute Gasteiger partial charge is 0.477 e. The van der Waals surface area contributed by atoms with Gasteiger partial charge in [-0.3, -0.25) is 4.79 Å². The van der Waals surface area contributed by atoms with E-state index >= 15 is 0 Å². The van der Waals surface area contributed by atoms with E-state index in [0.717, 1.165) is 16.2 Å². The van der Waals surface area contributed by atoms with Crippen LogP contribution in [0.1, 0.15) is 29.1 Å². The van der Waals surface area contributed by atoms with Crippen molar-refractivity contribution in [2.24, 2.45) is 0 Å². The van der Waals surface area contributed by atoms with E-state index in [2.05, 4.69) is 0 Å². The lowest BCUT2D eigenvalue weighted by Gasteiger charge is -1.85. The summed E-state index contributed by atoms with van der Waals surface area (Å²) in [4.78, 5) is 22.8. The molecular weight excluding hydrogens is 414 g/mol. The molecule has 2 heterocycles. The van der Waals surface area contributed by atoms with Gasteiger partial charge < -0.3 is 10.2 Å². The summed E-state index contributed by atoms with van der Waals surface area (Å²) < 4.78 is 0. The van der Waals surface area contributed by atoms with Crippen LogP contribution in [0.25, 0.3) is 0 Å². The number of carbonyl (C=O) groups excluding carboxylic acids is 1. The number of aliphatic hydroxyl groups is 1. The fourth-order valence-corrected chi connectivity index (χ4v) is 3.95. The molecule has 2 aromatic heterocycles. The van der Waals surface area contributed by atoms with E-state index in [1.807, 2.05) is 0 Å². The molecule has 2 N–H and O–H groups in total. The minimum absolute atomic E-state index is 0.152. The van der Waals surface area contributed by atoms with Crippen molar-refractivity contribution in [3.63, 3.8) is 0 Å². The number of hydrogen-bond acceptors (Lipinski definition) is 5. The Balaban J connectivity index is 0.000000220. The molecule has 4 nitrogen and oxygen atoms in total. The first-order chi connectivity index (χ1) is 10.3. The molecule has 10 heteroatoms. The Morgan fingerprint density at radius 1 is 1.05 bits per heavy atom. The third-order valence-electron chi connectivity index (χ3n) is 2.18. The Bertz CT molecular complexity index is 622. The summed E-state index contributed by atoms with van der Waals surface area (Å²) in [6.07, 6.45) is 0. The van der Waals surface area contributed by atoms with Gasteiger partial charge >= 0.3 is 5.97 Å². The summed E-state index contributed by atoms with van der Waals surface area (Å²) in [6.45, 7) is -0.212. The highest BCUT2D eigenvalue weighted by Crippen LogP contribution is 2.29. The number of alkyl halides is 1. The molecule has 0 spiro atoms. The van der Waals surface area contributed by atoms with E-state index in [1.165, 1.54) is 23.5 Å². The molecule has 0 saturated carbocycles. The highest BCUT2D eigenvalue weighted by Gasteiger charge is 2.11. The number of hydrogen-bond donors (Lipinski definition) is 2. The zero-order valence-corrected chi connectivity index (χ0v) is 15.3. The molecule has 2 rings (SSSR count). The SMILES string of the molecule is O=C(Cl)c1cc(Cl)c(CCl)s1.O=C(O)c1cc(Cl)c(CO)s1. The van der Waals surface area contributed by atoms with Crippen LogP contribution in [-0.2, 0) is 12.5 Å². The van der Waals surface area contributed by atoms with Crippen molar-refractivity contribution in [3.05, 3.63) is 41.7 Å². The van der Waals surface area contributed by atoms with Gasteiger partial charge in [-0.1, -0.05) is 23.2 Å². The van der Waals surface area contributed by atoms with Crippen molar-refractivity contribution in [2.75, 3.05) is 0 Å². The van der Waals surface area contributed by atoms with Gasteiger partial charge in [0.25, 0.3) is 5.24 Å². The molecule has 0 aliphatic rings. The standard InChI is InChI=1S/C6H3Cl3OS.C6H5ClO3S/c7-2-5-3(8)1-4(11-5)6(9)10;7-3-1-4(6(9)10)11-5(3)2-8/h1H,2H2;1,8H,2H2,(H,9,10). The first kappa shape index (κ1) is 19.7. The van der Waals surface area contributed by atoms with Crippen LogP contribution >= 0.6 is 69.1 Å². The van der Waals surface area contributed by atoms with Gasteiger partial charge in [-0.15, -0.1) is 34.3 Å². The second-order valence-corrected chi connectivity index (χ2v) is 7.33. The number of halogens is 4. The summed E-state index contributed by atoms with van der Waals surface area (Å²) in [5.74, 6) is -0.704. The zero-order chi connectivity index (χ0) is 16.9. The Labute approximate surface area is 153 Å². The van der Waals surface area contributed by atoms with Gasteiger partial charge in [-0.05, 0) is 23.7 Å². The second-order valence-electron chi connectivity index (χ2n) is 3.63. The number of carbonyl (C=O) groups is 2. The molecule has 0 amide bonds. The predicted molar refractivity (Wildman–Crippen MR) is 91.3 cm³/mol. The number of aliphatic hydroxyl groups excluding tert-OH is 1. The van der Waals surface area contributed by atoms with Crippen molar-refractivity contribution in [1.82, 2.24) is 0 Å². The molecule has 22 heavy (non-hydrogen) atoms. The molecule has 0 unspecified atom stereocenters. The van der Waals surface area contributed by atoms with Gasteiger partial charge in [0.15, 0.2) is 0 Å². The average molecular weight is 422 g/mol. The molecule has 0 radical (unpaired) electrons. The molecule has 0 atom stereocenters. The van der Waals surface area contributed by atoms with E-state index in [4.69, 9.17) is 56.6 Å². The zero-order valence-electron chi connectivity index (χ0n) is 10.6. The first-order valence-corrected chi connectivity index (χ1v) is 8.76. The third-order valence-corrected chi connectivity index (χ3v) is 6.07. The Hall–Kier alpha value is -0.340. The fourth-order valence-electron chi connectivity index (χ4n) is 1.21. The molecule has 120 valence electrons. The van der Waals surface area contributed by atoms with E-state index < -0.39 is 11.2 Å². The molecule has 0 aliphatic carbocycles. The van der Waals surface area contributed by atoms with Crippen molar-refractivity contribution in [3.8, 4) is 0 Å². The molecule has 0 aromatic carbocycles. The first-order valence-electron chi connectivity index (χ1n) is 5.46. The van der Waals surface area contributed by atoms with Crippen LogP contribution in [0, 0.1) is 0 Å². The minimum atomic E-state index is -1.02. The van der Waals surface area contributed by atoms with E-state index in [9.17, 15) is 9.59 Å². The number of rotatable bonds is 4. The van der Waals surface area contributed by atoms with E-state index in [1.54, 1.807) is 0 Å². The maximum atomic E-state index is 10.6. The lowest BCUT2D eigenvalue weighted by Crippen LogP contribution is -1.89. The van der Waals surface area contributed by atoms with Crippen LogP contribution in [0.4, 0.5) is 0 Å². The molecule has 0 saturated heterocycles. The predicted octanol–water partition coefficient (Wildman–Crippen LogP) is 5.11. The lowest BCUT2D eigenvalue weighted by atomic mass is 10.4. The molecule has 0 fully saturated rings. The van der Waals surface area contributed by atoms with Crippen LogP contribution in [-0.4, -0.2) is 21.4 Å². The summed E-state index contributed by atoms with van der Waals surface area (Å²) >= 11 is 24.2. The van der Waals surface area contributed by atoms with Crippen LogP contribution in [0.15, 0.2) is 12.1 Å². The van der Waals surface area contributed by atoms with Crippen LogP contribution in [0.2, 0.25) is 10.0 Å². The van der Waals surface area contributed by atoms with Gasteiger partial charge in [-0.2, -0.15) is 0 Å². The minimum Gasteiger partial charge on any atom is -0.477 e. The van der Waals surface area contributed by atoms with Gasteiger partial charge in [0.2, 0.25) is 0 Å². The van der Waals surface area contributed by atoms with E-state index in [0.29, 0.717) is 25.7 Å². The van der Waals surface area contributed by atoms with Crippen molar-refractivity contribution in [1.29, 1.82) is 0 Å². The Morgan fingerprint density at radius 3 is 1.82 bits per heavy atom. The summed E-state index contributed by atoms with van der Waals surface area (Å²) in [5.41, 5.74) is 0. The van der Waals surface area contributed by atoms with Gasteiger partial charge in [-0.25, -0.2) is 4.79 Å². The molecular formula is C12H8Cl4O4S2. The normalized spacial score (nSPS) is 10.0. The van der Waals surface area contributed by atoms with E-state index in [-0.39, 0.29) is 11.5 Å². The fraction of sp³-hybridized carbons (Fsp3) is 0.167. The number of thiophene rings is 2. The highest BCUT2D eigenvalue weighted by molar-refractivity contribution is 7.16. The maximum absolute atomic E-state index is 10.6. The Kier molecular flexibility index (Phi) is 8.13. The smallest absolute Gasteiger partial charge is 0.345 e. The second kappa shape index (κ2) is 9.08. The average Bonchev–Trinajstić information content (AvgIpc) is 3.02. The Morgan fingerprint density at radius 2 is 1.55 bits per heavy atom. The summed E-state index contributed by atoms with van der Waals surface area (Å²) in [5, 5.41) is 17.5. The van der Waals surface area contributed by atoms with Crippen molar-refractivity contribution in [2.45, 2.75) is 12.5 Å². The third kappa shape index (κ3) is 5.38. The molecule has 0 bridgehead atoms. The number of aromatic carboxylic acids is 1. The quantitative estimate of drug-likeness (QED) is 0.531. The van der Waals surface area contributed by atoms with Crippen LogP contribution in [0.3, 0.4) is 0 Å². The number of carboxylic acids is 1.